The van der Waals surface area contributed by atoms with Gasteiger partial charge >= 0.3 is 0 Å². The maximum Gasteiger partial charge on any atom is 0.148 e. The van der Waals surface area contributed by atoms with E-state index in [1.54, 1.807) is 0 Å². The van der Waals surface area contributed by atoms with Gasteiger partial charge in [0.05, 0.1) is 38.4 Å². The molecule has 7 heteroatoms. The van der Waals surface area contributed by atoms with Crippen molar-refractivity contribution in [3.63, 3.8) is 0 Å². The number of hydrogen-bond acceptors (Lipinski definition) is 3. The van der Waals surface area contributed by atoms with E-state index in [0.717, 1.165) is 72.5 Å². The van der Waals surface area contributed by atoms with Crippen LogP contribution in [-0.4, -0.2) is 35.8 Å². The van der Waals surface area contributed by atoms with Crippen LogP contribution in [-0.2, 0) is 42.7 Å². The van der Waals surface area contributed by atoms with Crippen LogP contribution in [0.2, 0.25) is 39.3 Å². The van der Waals surface area contributed by atoms with Crippen molar-refractivity contribution in [2.75, 3.05) is 0 Å². The van der Waals surface area contributed by atoms with E-state index in [1.165, 1.54) is 43.8 Å². The summed E-state index contributed by atoms with van der Waals surface area (Å²) < 4.78 is 2.30. The maximum absolute atomic E-state index is 12.7. The molecule has 0 bridgehead atoms. The zero-order valence-corrected chi connectivity index (χ0v) is 56.6. The minimum absolute atomic E-state index is 0. The summed E-state index contributed by atoms with van der Waals surface area (Å²) in [6, 6.07) is 67.0. The Morgan fingerprint density at radius 1 is 0.422 bits per heavy atom. The van der Waals surface area contributed by atoms with E-state index in [1.807, 2.05) is 6.20 Å². The van der Waals surface area contributed by atoms with Gasteiger partial charge in [-0.25, -0.2) is 4.98 Å². The molecule has 0 atom stereocenters. The summed E-state index contributed by atoms with van der Waals surface area (Å²) in [6.45, 7) is 41.3. The first-order valence-electron chi connectivity index (χ1n) is 29.3. The molecule has 0 aliphatic heterocycles. The van der Waals surface area contributed by atoms with Crippen molar-refractivity contribution in [3.8, 4) is 89.7 Å². The number of pyridine rings is 1. The molecule has 8 aromatic carbocycles. The molecule has 0 fully saturated rings. The number of aromatic hydroxyl groups is 1. The zero-order chi connectivity index (χ0) is 59.1. The van der Waals surface area contributed by atoms with Crippen LogP contribution in [0.4, 0.5) is 0 Å². The van der Waals surface area contributed by atoms with Gasteiger partial charge in [0.25, 0.3) is 0 Å². The van der Waals surface area contributed by atoms with Gasteiger partial charge in [0, 0.05) is 44.1 Å². The largest absolute Gasteiger partial charge is 0.507 e. The Kier molecular flexibility index (Phi) is 16.4. The molecule has 4 nitrogen and oxygen atoms in total. The summed E-state index contributed by atoms with van der Waals surface area (Å²) in [5.74, 6) is 0.928. The van der Waals surface area contributed by atoms with Crippen LogP contribution in [0.15, 0.2) is 176 Å². The smallest absolute Gasteiger partial charge is 0.148 e. The summed E-state index contributed by atoms with van der Waals surface area (Å²) >= 11 is 0. The SMILES string of the molecule is CC(C)(C)c1cc(-c2cc(-c3cc(-c4ccc([Si](C)(C)C)cc4)cc(-c4ccc([Si](C)(C)C)cc4)c3)ccn2)[c-]c(-c2cccc3c2nc(-c2cc(C(C)(C)C)cc(C(C)(C)C)c2O)n3-c2ccc(C(C)(C)C)cc2-c2ccccc2)c1.[Pt]. The molecule has 0 spiro atoms. The van der Waals surface area contributed by atoms with Gasteiger partial charge in [-0.05, 0) is 120 Å². The Balaban J connectivity index is 0.00000828. The third-order valence-corrected chi connectivity index (χ3v) is 20.5. The van der Waals surface area contributed by atoms with Crippen LogP contribution in [0.5, 0.6) is 5.75 Å². The number of phenols is 1. The summed E-state index contributed by atoms with van der Waals surface area (Å²) in [7, 11) is -2.98. The molecule has 10 aromatic rings. The molecule has 0 radical (unpaired) electrons. The zero-order valence-electron chi connectivity index (χ0n) is 52.3. The van der Waals surface area contributed by atoms with Crippen molar-refractivity contribution in [2.45, 2.75) is 144 Å². The van der Waals surface area contributed by atoms with Crippen molar-refractivity contribution < 1.29 is 26.2 Å². The first-order chi connectivity index (χ1) is 38.3. The predicted octanol–water partition coefficient (Wildman–Crippen LogP) is 19.9. The second kappa shape index (κ2) is 22.4. The molecule has 428 valence electrons. The van der Waals surface area contributed by atoms with Crippen molar-refractivity contribution in [1.82, 2.24) is 14.5 Å². The van der Waals surface area contributed by atoms with Crippen molar-refractivity contribution in [1.29, 1.82) is 0 Å². The maximum atomic E-state index is 12.7. The van der Waals surface area contributed by atoms with Gasteiger partial charge in [0.15, 0.2) is 0 Å². The number of phenolic OH excluding ortho intramolecular Hbond substituents is 1. The molecule has 10 rings (SSSR count). The molecule has 0 amide bonds. The van der Waals surface area contributed by atoms with Crippen LogP contribution in [0.1, 0.15) is 105 Å². The standard InChI is InChI=1S/C76H84N3OSi2.Pt/c1-73(2,3)58-31-36-68(64(46-58)51-23-20-19-21-24-51)79-69-26-22-25-63(70(69)78-72(79)65-47-60(75(7,8)9)48-66(71(65)80)76(10,11)12)56-42-57(44-59(43-56)74(4,5)6)67-45-52(37-38-77-67)55-40-53(49-27-32-61(33-28-49)81(13,14)15)39-54(41-55)50-29-34-62(35-30-50)82(16,17)18;/h19-41,43-48,80H,1-18H3;/q-1;. The number of benzene rings is 8. The number of imidazole rings is 1. The van der Waals surface area contributed by atoms with Gasteiger partial charge < -0.3 is 5.11 Å². The fraction of sp³-hybridized carbons (Fsp3) is 0.289. The number of hydrogen-bond donors (Lipinski definition) is 1. The van der Waals surface area contributed by atoms with Crippen molar-refractivity contribution in [3.05, 3.63) is 204 Å². The molecule has 2 aromatic heterocycles. The van der Waals surface area contributed by atoms with Gasteiger partial charge in [-0.1, -0.05) is 253 Å². The topological polar surface area (TPSA) is 50.9 Å². The van der Waals surface area contributed by atoms with Gasteiger partial charge in [-0.3, -0.25) is 9.55 Å². The second-order valence-electron chi connectivity index (χ2n) is 29.0. The Morgan fingerprint density at radius 3 is 1.47 bits per heavy atom. The Bertz CT molecular complexity index is 3940. The molecule has 1 N–H and O–H groups in total. The quantitative estimate of drug-likeness (QED) is 0.110. The van der Waals surface area contributed by atoms with E-state index in [0.29, 0.717) is 11.4 Å². The molecule has 0 aliphatic rings. The van der Waals surface area contributed by atoms with E-state index >= 15 is 0 Å². The third-order valence-electron chi connectivity index (χ3n) is 16.4. The third kappa shape index (κ3) is 12.7. The fourth-order valence-electron chi connectivity index (χ4n) is 11.1. The van der Waals surface area contributed by atoms with Gasteiger partial charge in [0.2, 0.25) is 0 Å². The van der Waals surface area contributed by atoms with E-state index in [4.69, 9.17) is 9.97 Å². The molecule has 83 heavy (non-hydrogen) atoms. The first-order valence-corrected chi connectivity index (χ1v) is 36.3. The summed E-state index contributed by atoms with van der Waals surface area (Å²) in [5, 5.41) is 15.6. The molecule has 0 unspecified atom stereocenters. The van der Waals surface area contributed by atoms with Crippen molar-refractivity contribution in [2.24, 2.45) is 0 Å². The van der Waals surface area contributed by atoms with Gasteiger partial charge in [-0.2, -0.15) is 0 Å². The minimum atomic E-state index is -1.49. The normalized spacial score (nSPS) is 12.7. The average molecular weight is 1310 g/mol. The Hall–Kier alpha value is -6.70. The molecular weight excluding hydrogens is 1220 g/mol. The first kappa shape index (κ1) is 60.9. The number of aromatic nitrogens is 3. The number of fused-ring (bicyclic) bond motifs is 1. The predicted molar refractivity (Wildman–Crippen MR) is 358 cm³/mol. The molecule has 2 heterocycles. The van der Waals surface area contributed by atoms with E-state index < -0.39 is 16.1 Å². The Labute approximate surface area is 512 Å². The van der Waals surface area contributed by atoms with Crippen molar-refractivity contribution >= 4 is 37.6 Å². The molecule has 0 saturated heterocycles. The van der Waals surface area contributed by atoms with Crippen LogP contribution >= 0.6 is 0 Å². The van der Waals surface area contributed by atoms with Crippen LogP contribution in [0.25, 0.3) is 95.0 Å². The molecule has 0 aliphatic carbocycles. The summed E-state index contributed by atoms with van der Waals surface area (Å²) in [6.07, 6.45) is 1.95. The monoisotopic (exact) mass is 1310 g/mol. The summed E-state index contributed by atoms with van der Waals surface area (Å²) in [5.41, 5.74) is 19.9. The summed E-state index contributed by atoms with van der Waals surface area (Å²) in [4.78, 5) is 10.9. The molecule has 0 saturated carbocycles. The average Bonchev–Trinajstić information content (AvgIpc) is 2.19. The minimum Gasteiger partial charge on any atom is -0.507 e. The van der Waals surface area contributed by atoms with E-state index in [-0.39, 0.29) is 48.5 Å². The molecular formula is C76H84N3OPtSi2-. The van der Waals surface area contributed by atoms with Gasteiger partial charge in [-0.15, -0.1) is 29.3 Å². The fourth-order valence-corrected chi connectivity index (χ4v) is 13.4. The van der Waals surface area contributed by atoms with Crippen LogP contribution < -0.4 is 10.4 Å². The van der Waals surface area contributed by atoms with E-state index in [9.17, 15) is 5.11 Å². The number of rotatable bonds is 10. The second-order valence-corrected chi connectivity index (χ2v) is 39.2. The van der Waals surface area contributed by atoms with Crippen LogP contribution in [0.3, 0.4) is 0 Å². The van der Waals surface area contributed by atoms with Gasteiger partial charge in [0.1, 0.15) is 11.6 Å². The Morgan fingerprint density at radius 2 is 0.940 bits per heavy atom. The number of nitrogens with zero attached hydrogens (tertiary/aromatic N) is 3. The van der Waals surface area contributed by atoms with E-state index in [2.05, 4.69) is 303 Å². The van der Waals surface area contributed by atoms with Crippen LogP contribution in [0, 0.1) is 6.07 Å². The number of para-hydroxylation sites is 1.